The van der Waals surface area contributed by atoms with E-state index >= 15 is 0 Å². The van der Waals surface area contributed by atoms with Gasteiger partial charge in [0, 0.05) is 18.4 Å². The van der Waals surface area contributed by atoms with Crippen LogP contribution in [-0.4, -0.2) is 12.0 Å². The second kappa shape index (κ2) is 6.00. The molecule has 2 rings (SSSR count). The molecule has 88 valence electrons. The summed E-state index contributed by atoms with van der Waals surface area (Å²) in [6.07, 6.45) is 12.2. The average Bonchev–Trinajstić information content (AvgIpc) is 2.38. The number of hydrogen-bond donors (Lipinski definition) is 1. The van der Waals surface area contributed by atoms with Gasteiger partial charge in [0.15, 0.2) is 0 Å². The Morgan fingerprint density at radius 1 is 1.25 bits per heavy atom. The van der Waals surface area contributed by atoms with E-state index in [-0.39, 0.29) is 0 Å². The molecule has 1 aliphatic carbocycles. The van der Waals surface area contributed by atoms with Crippen LogP contribution < -0.4 is 5.32 Å². The summed E-state index contributed by atoms with van der Waals surface area (Å²) in [5, 5.41) is 3.44. The zero-order valence-corrected chi connectivity index (χ0v) is 10.2. The molecule has 16 heavy (non-hydrogen) atoms. The van der Waals surface area contributed by atoms with Crippen molar-refractivity contribution < 1.29 is 0 Å². The summed E-state index contributed by atoms with van der Waals surface area (Å²) in [4.78, 5) is 4.08. The van der Waals surface area contributed by atoms with Crippen LogP contribution in [0, 0.1) is 5.92 Å². The lowest BCUT2D eigenvalue weighted by molar-refractivity contribution is 0.306. The highest BCUT2D eigenvalue weighted by molar-refractivity contribution is 5.14. The Morgan fingerprint density at radius 2 is 1.94 bits per heavy atom. The molecule has 1 N–H and O–H groups in total. The first-order valence-electron chi connectivity index (χ1n) is 6.47. The molecule has 0 aromatic carbocycles. The Hall–Kier alpha value is -0.890. The Morgan fingerprint density at radius 3 is 2.56 bits per heavy atom. The maximum absolute atomic E-state index is 4.08. The highest BCUT2D eigenvalue weighted by Gasteiger charge is 2.18. The third-order valence-corrected chi connectivity index (χ3v) is 3.75. The molecule has 0 spiro atoms. The first-order chi connectivity index (χ1) is 7.90. The summed E-state index contributed by atoms with van der Waals surface area (Å²) >= 11 is 0. The van der Waals surface area contributed by atoms with Crippen molar-refractivity contribution in [1.82, 2.24) is 10.3 Å². The maximum atomic E-state index is 4.08. The fourth-order valence-corrected chi connectivity index (χ4v) is 2.77. The van der Waals surface area contributed by atoms with Gasteiger partial charge in [-0.3, -0.25) is 4.98 Å². The van der Waals surface area contributed by atoms with Gasteiger partial charge in [0.2, 0.25) is 0 Å². The molecule has 0 aliphatic heterocycles. The Labute approximate surface area is 98.5 Å². The van der Waals surface area contributed by atoms with Gasteiger partial charge in [-0.1, -0.05) is 32.1 Å². The van der Waals surface area contributed by atoms with Crippen LogP contribution >= 0.6 is 0 Å². The van der Waals surface area contributed by atoms with Crippen molar-refractivity contribution in [3.63, 3.8) is 0 Å². The molecule has 1 saturated carbocycles. The van der Waals surface area contributed by atoms with Crippen molar-refractivity contribution in [2.75, 3.05) is 7.05 Å². The number of nitrogens with zero attached hydrogens (tertiary/aromatic N) is 1. The van der Waals surface area contributed by atoms with Gasteiger partial charge in [-0.2, -0.15) is 0 Å². The van der Waals surface area contributed by atoms with Crippen molar-refractivity contribution in [1.29, 1.82) is 0 Å². The Bertz CT molecular complexity index is 291. The molecule has 2 nitrogen and oxygen atoms in total. The molecular formula is C14H22N2. The third kappa shape index (κ3) is 3.05. The molecule has 1 atom stereocenters. The van der Waals surface area contributed by atoms with Crippen molar-refractivity contribution in [3.05, 3.63) is 30.1 Å². The fourth-order valence-electron chi connectivity index (χ4n) is 2.77. The van der Waals surface area contributed by atoms with E-state index in [4.69, 9.17) is 0 Å². The van der Waals surface area contributed by atoms with Crippen LogP contribution in [0.3, 0.4) is 0 Å². The number of hydrogen-bond acceptors (Lipinski definition) is 2. The fraction of sp³-hybridized carbons (Fsp3) is 0.643. The van der Waals surface area contributed by atoms with Gasteiger partial charge in [-0.25, -0.2) is 0 Å². The maximum Gasteiger partial charge on any atom is 0.0321 e. The minimum Gasteiger partial charge on any atom is -0.313 e. The van der Waals surface area contributed by atoms with Crippen molar-refractivity contribution >= 4 is 0 Å². The smallest absolute Gasteiger partial charge is 0.0321 e. The summed E-state index contributed by atoms with van der Waals surface area (Å²) in [6, 6.07) is 4.76. The zero-order valence-electron chi connectivity index (χ0n) is 10.2. The van der Waals surface area contributed by atoms with Gasteiger partial charge in [-0.15, -0.1) is 0 Å². The molecule has 0 radical (unpaired) electrons. The lowest BCUT2D eigenvalue weighted by Gasteiger charge is -2.26. The molecule has 0 bridgehead atoms. The van der Waals surface area contributed by atoms with Gasteiger partial charge >= 0.3 is 0 Å². The predicted octanol–water partition coefficient (Wildman–Crippen LogP) is 3.31. The van der Waals surface area contributed by atoms with Crippen LogP contribution in [-0.2, 0) is 0 Å². The van der Waals surface area contributed by atoms with Gasteiger partial charge in [0.1, 0.15) is 0 Å². The standard InChI is InChI=1S/C14H22N2/c1-15-14(13-7-9-16-10-8-13)11-12-5-3-2-4-6-12/h7-10,12,14-15H,2-6,11H2,1H3. The summed E-state index contributed by atoms with van der Waals surface area (Å²) in [5.41, 5.74) is 1.38. The highest BCUT2D eigenvalue weighted by Crippen LogP contribution is 2.31. The number of pyridine rings is 1. The van der Waals surface area contributed by atoms with Gasteiger partial charge in [0.05, 0.1) is 0 Å². The molecule has 0 amide bonds. The van der Waals surface area contributed by atoms with E-state index in [9.17, 15) is 0 Å². The largest absolute Gasteiger partial charge is 0.313 e. The van der Waals surface area contributed by atoms with E-state index < -0.39 is 0 Å². The van der Waals surface area contributed by atoms with E-state index in [0.717, 1.165) is 5.92 Å². The summed E-state index contributed by atoms with van der Waals surface area (Å²) in [6.45, 7) is 0. The summed E-state index contributed by atoms with van der Waals surface area (Å²) in [5.74, 6) is 0.916. The molecule has 1 aromatic heterocycles. The molecular weight excluding hydrogens is 196 g/mol. The van der Waals surface area contributed by atoms with Crippen molar-refractivity contribution in [2.24, 2.45) is 5.92 Å². The molecule has 1 unspecified atom stereocenters. The second-order valence-electron chi connectivity index (χ2n) is 4.86. The SMILES string of the molecule is CNC(CC1CCCCC1)c1ccncc1. The minimum absolute atomic E-state index is 0.506. The third-order valence-electron chi connectivity index (χ3n) is 3.75. The van der Waals surface area contributed by atoms with Crippen LogP contribution in [0.1, 0.15) is 50.1 Å². The van der Waals surface area contributed by atoms with E-state index in [0.29, 0.717) is 6.04 Å². The normalized spacial score (nSPS) is 19.6. The first-order valence-corrected chi connectivity index (χ1v) is 6.47. The van der Waals surface area contributed by atoms with Crippen molar-refractivity contribution in [2.45, 2.75) is 44.6 Å². The number of aromatic nitrogens is 1. The first kappa shape index (κ1) is 11.6. The van der Waals surface area contributed by atoms with E-state index in [1.54, 1.807) is 0 Å². The van der Waals surface area contributed by atoms with E-state index in [1.165, 1.54) is 44.1 Å². The Kier molecular flexibility index (Phi) is 4.34. The highest BCUT2D eigenvalue weighted by atomic mass is 14.9. The van der Waals surface area contributed by atoms with Crippen LogP contribution in [0.15, 0.2) is 24.5 Å². The molecule has 2 heteroatoms. The van der Waals surface area contributed by atoms with Crippen LogP contribution in [0.5, 0.6) is 0 Å². The lowest BCUT2D eigenvalue weighted by Crippen LogP contribution is -2.21. The van der Waals surface area contributed by atoms with E-state index in [1.807, 2.05) is 12.4 Å². The van der Waals surface area contributed by atoms with Crippen LogP contribution in [0.2, 0.25) is 0 Å². The number of nitrogens with one attached hydrogen (secondary N) is 1. The van der Waals surface area contributed by atoms with Crippen molar-refractivity contribution in [3.8, 4) is 0 Å². The van der Waals surface area contributed by atoms with Gasteiger partial charge in [0.25, 0.3) is 0 Å². The molecule has 0 saturated heterocycles. The zero-order chi connectivity index (χ0) is 11.2. The lowest BCUT2D eigenvalue weighted by atomic mass is 9.83. The van der Waals surface area contributed by atoms with Gasteiger partial charge < -0.3 is 5.32 Å². The van der Waals surface area contributed by atoms with Crippen LogP contribution in [0.25, 0.3) is 0 Å². The topological polar surface area (TPSA) is 24.9 Å². The van der Waals surface area contributed by atoms with Gasteiger partial charge in [-0.05, 0) is 37.1 Å². The monoisotopic (exact) mass is 218 g/mol. The summed E-state index contributed by atoms with van der Waals surface area (Å²) < 4.78 is 0. The molecule has 1 aliphatic rings. The minimum atomic E-state index is 0.506. The predicted molar refractivity (Wildman–Crippen MR) is 67.2 cm³/mol. The summed E-state index contributed by atoms with van der Waals surface area (Å²) in [7, 11) is 2.06. The van der Waals surface area contributed by atoms with E-state index in [2.05, 4.69) is 29.5 Å². The molecule has 1 heterocycles. The number of rotatable bonds is 4. The quantitative estimate of drug-likeness (QED) is 0.838. The second-order valence-corrected chi connectivity index (χ2v) is 4.86. The molecule has 1 fully saturated rings. The molecule has 1 aromatic rings. The average molecular weight is 218 g/mol. The van der Waals surface area contributed by atoms with Crippen LogP contribution in [0.4, 0.5) is 0 Å². The Balaban J connectivity index is 1.94.